The smallest absolute Gasteiger partial charge is 0.341 e. The third kappa shape index (κ3) is 4.43. The number of carbonyl (C=O) groups excluding carboxylic acids is 1. The first kappa shape index (κ1) is 22.1. The highest BCUT2D eigenvalue weighted by Crippen LogP contribution is 2.30. The summed E-state index contributed by atoms with van der Waals surface area (Å²) in [5, 5.41) is 3.88. The Morgan fingerprint density at radius 1 is 1.16 bits per heavy atom. The number of aryl methyl sites for hydroxylation is 1. The number of morpholine rings is 1. The number of nitrogens with one attached hydrogen (secondary N) is 1. The van der Waals surface area contributed by atoms with Gasteiger partial charge in [-0.1, -0.05) is 0 Å². The van der Waals surface area contributed by atoms with Crippen LogP contribution in [0.25, 0.3) is 11.0 Å². The van der Waals surface area contributed by atoms with Crippen molar-refractivity contribution in [2.75, 3.05) is 38.2 Å². The third-order valence-corrected chi connectivity index (χ3v) is 7.01. The first-order chi connectivity index (χ1) is 15.4. The number of pyridine rings is 2. The molecule has 0 saturated carbocycles. The van der Waals surface area contributed by atoms with Gasteiger partial charge in [0.15, 0.2) is 5.65 Å². The van der Waals surface area contributed by atoms with Crippen LogP contribution in [0.5, 0.6) is 0 Å². The molecule has 0 amide bonds. The minimum Gasteiger partial charge on any atom is -0.462 e. The lowest BCUT2D eigenvalue weighted by Gasteiger charge is -2.26. The van der Waals surface area contributed by atoms with Gasteiger partial charge in [0.25, 0.3) is 0 Å². The van der Waals surface area contributed by atoms with E-state index in [1.54, 1.807) is 31.2 Å². The predicted octanol–water partition coefficient (Wildman–Crippen LogP) is 2.88. The van der Waals surface area contributed by atoms with Gasteiger partial charge in [-0.3, -0.25) is 0 Å². The molecule has 3 heterocycles. The molecule has 1 fully saturated rings. The zero-order valence-corrected chi connectivity index (χ0v) is 18.7. The average Bonchev–Trinajstić information content (AvgIpc) is 2.80. The maximum atomic E-state index is 12.9. The molecule has 0 spiro atoms. The van der Waals surface area contributed by atoms with Crippen LogP contribution in [0.3, 0.4) is 0 Å². The molecule has 32 heavy (non-hydrogen) atoms. The first-order valence-electron chi connectivity index (χ1n) is 10.3. The van der Waals surface area contributed by atoms with E-state index in [-0.39, 0.29) is 17.1 Å². The van der Waals surface area contributed by atoms with E-state index < -0.39 is 16.0 Å². The molecule has 9 nitrogen and oxygen atoms in total. The molecule has 0 unspecified atom stereocenters. The summed E-state index contributed by atoms with van der Waals surface area (Å²) in [5.41, 5.74) is 2.69. The SMILES string of the molecule is CCOC(=O)c1cnc2nc(C)ccc2c1Nc1ccc(S(=O)(=O)N2CCOCC2)cc1. The Kier molecular flexibility index (Phi) is 6.35. The minimum absolute atomic E-state index is 0.201. The Morgan fingerprint density at radius 2 is 1.88 bits per heavy atom. The van der Waals surface area contributed by atoms with Crippen LogP contribution >= 0.6 is 0 Å². The Balaban J connectivity index is 1.68. The van der Waals surface area contributed by atoms with Gasteiger partial charge in [-0.25, -0.2) is 23.2 Å². The summed E-state index contributed by atoms with van der Waals surface area (Å²) in [6, 6.07) is 10.1. The molecular formula is C22H24N4O5S. The third-order valence-electron chi connectivity index (χ3n) is 5.10. The molecule has 3 aromatic rings. The van der Waals surface area contributed by atoms with Gasteiger partial charge in [-0.05, 0) is 50.2 Å². The molecule has 1 aliphatic heterocycles. The first-order valence-corrected chi connectivity index (χ1v) is 11.7. The Morgan fingerprint density at radius 3 is 2.56 bits per heavy atom. The number of fused-ring (bicyclic) bond motifs is 1. The fraction of sp³-hybridized carbons (Fsp3) is 0.318. The van der Waals surface area contributed by atoms with Gasteiger partial charge in [0.05, 0.1) is 30.4 Å². The van der Waals surface area contributed by atoms with Crippen LogP contribution in [0.1, 0.15) is 23.0 Å². The molecule has 168 valence electrons. The predicted molar refractivity (Wildman–Crippen MR) is 120 cm³/mol. The van der Waals surface area contributed by atoms with Crippen molar-refractivity contribution in [1.29, 1.82) is 0 Å². The summed E-state index contributed by atoms with van der Waals surface area (Å²) in [6.07, 6.45) is 1.44. The molecule has 1 aliphatic rings. The summed E-state index contributed by atoms with van der Waals surface area (Å²) in [4.78, 5) is 21.4. The highest BCUT2D eigenvalue weighted by Gasteiger charge is 2.26. The van der Waals surface area contributed by atoms with Crippen LogP contribution in [-0.4, -0.2) is 61.6 Å². The second-order valence-electron chi connectivity index (χ2n) is 7.26. The van der Waals surface area contributed by atoms with Gasteiger partial charge in [-0.15, -0.1) is 0 Å². The van der Waals surface area contributed by atoms with Crippen molar-refractivity contribution >= 4 is 38.4 Å². The van der Waals surface area contributed by atoms with Crippen LogP contribution in [-0.2, 0) is 19.5 Å². The van der Waals surface area contributed by atoms with Crippen LogP contribution in [0.2, 0.25) is 0 Å². The summed E-state index contributed by atoms with van der Waals surface area (Å²) in [5.74, 6) is -0.503. The lowest BCUT2D eigenvalue weighted by Crippen LogP contribution is -2.40. The number of sulfonamides is 1. The van der Waals surface area contributed by atoms with Gasteiger partial charge in [0.1, 0.15) is 5.56 Å². The van der Waals surface area contributed by atoms with Crippen molar-refractivity contribution in [2.45, 2.75) is 18.7 Å². The van der Waals surface area contributed by atoms with E-state index in [0.29, 0.717) is 48.7 Å². The fourth-order valence-electron chi connectivity index (χ4n) is 3.46. The summed E-state index contributed by atoms with van der Waals surface area (Å²) >= 11 is 0. The summed E-state index contributed by atoms with van der Waals surface area (Å²) in [6.45, 7) is 5.27. The second-order valence-corrected chi connectivity index (χ2v) is 9.19. The number of ether oxygens (including phenoxy) is 2. The highest BCUT2D eigenvalue weighted by atomic mass is 32.2. The highest BCUT2D eigenvalue weighted by molar-refractivity contribution is 7.89. The molecule has 0 atom stereocenters. The molecule has 1 aromatic carbocycles. The Labute approximate surface area is 186 Å². The van der Waals surface area contributed by atoms with E-state index in [1.807, 2.05) is 19.1 Å². The van der Waals surface area contributed by atoms with Crippen LogP contribution in [0.4, 0.5) is 11.4 Å². The molecule has 0 bridgehead atoms. The molecule has 1 N–H and O–H groups in total. The van der Waals surface area contributed by atoms with Crippen molar-refractivity contribution < 1.29 is 22.7 Å². The molecule has 4 rings (SSSR count). The van der Waals surface area contributed by atoms with E-state index in [4.69, 9.17) is 9.47 Å². The number of aromatic nitrogens is 2. The van der Waals surface area contributed by atoms with Gasteiger partial charge in [0, 0.05) is 36.1 Å². The number of hydrogen-bond acceptors (Lipinski definition) is 8. The van der Waals surface area contributed by atoms with Crippen LogP contribution in [0, 0.1) is 6.92 Å². The Bertz CT molecular complexity index is 1240. The molecular weight excluding hydrogens is 432 g/mol. The molecule has 10 heteroatoms. The van der Waals surface area contributed by atoms with E-state index in [0.717, 1.165) is 5.69 Å². The lowest BCUT2D eigenvalue weighted by atomic mass is 10.1. The van der Waals surface area contributed by atoms with E-state index in [1.165, 1.54) is 10.5 Å². The number of anilines is 2. The van der Waals surface area contributed by atoms with E-state index in [2.05, 4.69) is 15.3 Å². The molecule has 0 aliphatic carbocycles. The molecule has 2 aromatic heterocycles. The van der Waals surface area contributed by atoms with E-state index >= 15 is 0 Å². The van der Waals surface area contributed by atoms with Crippen molar-refractivity contribution in [1.82, 2.24) is 14.3 Å². The van der Waals surface area contributed by atoms with Crippen molar-refractivity contribution in [3.63, 3.8) is 0 Å². The second kappa shape index (κ2) is 9.19. The largest absolute Gasteiger partial charge is 0.462 e. The number of esters is 1. The summed E-state index contributed by atoms with van der Waals surface area (Å²) < 4.78 is 37.5. The van der Waals surface area contributed by atoms with Gasteiger partial charge in [-0.2, -0.15) is 4.31 Å². The van der Waals surface area contributed by atoms with Crippen molar-refractivity contribution in [3.05, 3.63) is 53.9 Å². The van der Waals surface area contributed by atoms with Gasteiger partial charge in [0.2, 0.25) is 10.0 Å². The summed E-state index contributed by atoms with van der Waals surface area (Å²) in [7, 11) is -3.59. The number of hydrogen-bond donors (Lipinski definition) is 1. The lowest BCUT2D eigenvalue weighted by molar-refractivity contribution is 0.0527. The maximum Gasteiger partial charge on any atom is 0.341 e. The van der Waals surface area contributed by atoms with Crippen molar-refractivity contribution in [3.8, 4) is 0 Å². The molecule has 1 saturated heterocycles. The number of nitrogens with zero attached hydrogens (tertiary/aromatic N) is 3. The average molecular weight is 457 g/mol. The Hall–Kier alpha value is -3.08. The minimum atomic E-state index is -3.59. The van der Waals surface area contributed by atoms with Crippen molar-refractivity contribution in [2.24, 2.45) is 0 Å². The van der Waals surface area contributed by atoms with E-state index in [9.17, 15) is 13.2 Å². The monoisotopic (exact) mass is 456 g/mol. The van der Waals surface area contributed by atoms with Gasteiger partial charge < -0.3 is 14.8 Å². The quantitative estimate of drug-likeness (QED) is 0.564. The number of benzene rings is 1. The topological polar surface area (TPSA) is 111 Å². The van der Waals surface area contributed by atoms with Gasteiger partial charge >= 0.3 is 5.97 Å². The fourth-order valence-corrected chi connectivity index (χ4v) is 4.87. The zero-order valence-electron chi connectivity index (χ0n) is 17.9. The molecule has 0 radical (unpaired) electrons. The standard InChI is InChI=1S/C22H24N4O5S/c1-3-31-22(27)19-14-23-21-18(9-4-15(2)24-21)20(19)25-16-5-7-17(8-6-16)32(28,29)26-10-12-30-13-11-26/h4-9,14H,3,10-13H2,1-2H3,(H,23,24,25). The number of carbonyl (C=O) groups is 1. The normalized spacial score (nSPS) is 14.9. The van der Waals surface area contributed by atoms with Crippen LogP contribution < -0.4 is 5.32 Å². The maximum absolute atomic E-state index is 12.9. The number of rotatable bonds is 6. The van der Waals surface area contributed by atoms with Crippen LogP contribution in [0.15, 0.2) is 47.5 Å². The zero-order chi connectivity index (χ0) is 22.7.